The van der Waals surface area contributed by atoms with Crippen LogP contribution in [0.2, 0.25) is 0 Å². The van der Waals surface area contributed by atoms with Gasteiger partial charge in [-0.3, -0.25) is 14.2 Å². The number of aromatic nitrogens is 2. The van der Waals surface area contributed by atoms with E-state index in [1.807, 2.05) is 25.1 Å². The molecule has 2 heterocycles. The SMILES string of the molecule is CCOC(=O)c1c(-c2ccc(OC)cc2)csc1NC(=O)Cn1cnc2c(C)cccc2c1=O. The minimum absolute atomic E-state index is 0.196. The number of hydrogen-bond acceptors (Lipinski definition) is 7. The Morgan fingerprint density at radius 2 is 1.91 bits per heavy atom. The number of ether oxygens (including phenoxy) is 2. The number of nitrogens with one attached hydrogen (secondary N) is 1. The first-order valence-electron chi connectivity index (χ1n) is 10.6. The summed E-state index contributed by atoms with van der Waals surface area (Å²) in [5.74, 6) is -0.302. The molecule has 0 bridgehead atoms. The van der Waals surface area contributed by atoms with Gasteiger partial charge in [0.2, 0.25) is 5.91 Å². The molecule has 4 rings (SSSR count). The van der Waals surface area contributed by atoms with Crippen molar-refractivity contribution in [2.45, 2.75) is 20.4 Å². The minimum Gasteiger partial charge on any atom is -0.497 e. The number of amides is 1. The molecule has 0 radical (unpaired) electrons. The lowest BCUT2D eigenvalue weighted by molar-refractivity contribution is -0.116. The Balaban J connectivity index is 1.63. The third kappa shape index (κ3) is 4.55. The molecule has 0 fully saturated rings. The van der Waals surface area contributed by atoms with E-state index in [0.29, 0.717) is 27.2 Å². The standard InChI is InChI=1S/C25H23N3O5S/c1-4-33-25(31)21-19(16-8-10-17(32-3)11-9-16)13-34-23(21)27-20(29)12-28-14-26-22-15(2)6-5-7-18(22)24(28)30/h5-11,13-14H,4,12H2,1-3H3,(H,27,29). The molecule has 0 atom stereocenters. The summed E-state index contributed by atoms with van der Waals surface area (Å²) < 4.78 is 11.7. The average molecular weight is 478 g/mol. The normalized spacial score (nSPS) is 10.8. The summed E-state index contributed by atoms with van der Waals surface area (Å²) in [4.78, 5) is 42.8. The Bertz CT molecular complexity index is 1420. The number of fused-ring (bicyclic) bond motifs is 1. The number of hydrogen-bond donors (Lipinski definition) is 1. The summed E-state index contributed by atoms with van der Waals surface area (Å²) >= 11 is 1.22. The van der Waals surface area contributed by atoms with E-state index in [2.05, 4.69) is 10.3 Å². The summed E-state index contributed by atoms with van der Waals surface area (Å²) in [5.41, 5.74) is 2.88. The molecule has 0 saturated carbocycles. The molecule has 34 heavy (non-hydrogen) atoms. The molecule has 2 aromatic carbocycles. The van der Waals surface area contributed by atoms with Crippen LogP contribution < -0.4 is 15.6 Å². The second-order valence-electron chi connectivity index (χ2n) is 7.50. The topological polar surface area (TPSA) is 99.5 Å². The molecule has 9 heteroatoms. The van der Waals surface area contributed by atoms with Crippen LogP contribution in [0.5, 0.6) is 5.75 Å². The van der Waals surface area contributed by atoms with Crippen LogP contribution in [0.3, 0.4) is 0 Å². The maximum atomic E-state index is 12.8. The number of carbonyl (C=O) groups excluding carboxylic acids is 2. The zero-order valence-corrected chi connectivity index (χ0v) is 19.8. The lowest BCUT2D eigenvalue weighted by atomic mass is 10.0. The molecular weight excluding hydrogens is 454 g/mol. The molecular formula is C25H23N3O5S. The van der Waals surface area contributed by atoms with Crippen molar-refractivity contribution in [3.05, 3.63) is 75.7 Å². The van der Waals surface area contributed by atoms with Crippen LogP contribution >= 0.6 is 11.3 Å². The molecule has 1 N–H and O–H groups in total. The van der Waals surface area contributed by atoms with Gasteiger partial charge in [0.05, 0.1) is 30.9 Å². The first-order chi connectivity index (χ1) is 16.4. The molecule has 8 nitrogen and oxygen atoms in total. The number of benzene rings is 2. The van der Waals surface area contributed by atoms with Gasteiger partial charge >= 0.3 is 5.97 Å². The van der Waals surface area contributed by atoms with Crippen LogP contribution in [0.25, 0.3) is 22.0 Å². The Morgan fingerprint density at radius 3 is 2.62 bits per heavy atom. The summed E-state index contributed by atoms with van der Waals surface area (Å²) in [5, 5.41) is 5.35. The third-order valence-corrected chi connectivity index (χ3v) is 6.19. The maximum absolute atomic E-state index is 12.8. The molecule has 174 valence electrons. The van der Waals surface area contributed by atoms with Gasteiger partial charge in [0, 0.05) is 10.9 Å². The summed E-state index contributed by atoms with van der Waals surface area (Å²) in [7, 11) is 1.58. The molecule has 0 aliphatic carbocycles. The number of carbonyl (C=O) groups is 2. The van der Waals surface area contributed by atoms with Crippen LogP contribution in [0.15, 0.2) is 59.0 Å². The van der Waals surface area contributed by atoms with Gasteiger partial charge in [0.15, 0.2) is 0 Å². The van der Waals surface area contributed by atoms with Gasteiger partial charge in [0.1, 0.15) is 22.9 Å². The second-order valence-corrected chi connectivity index (χ2v) is 8.38. The van der Waals surface area contributed by atoms with E-state index in [4.69, 9.17) is 9.47 Å². The van der Waals surface area contributed by atoms with E-state index >= 15 is 0 Å². The van der Waals surface area contributed by atoms with Gasteiger partial charge in [-0.2, -0.15) is 0 Å². The van der Waals surface area contributed by atoms with E-state index in [0.717, 1.165) is 11.1 Å². The average Bonchev–Trinajstić information content (AvgIpc) is 3.25. The number of nitrogens with zero attached hydrogens (tertiary/aromatic N) is 2. The van der Waals surface area contributed by atoms with Gasteiger partial charge in [-0.05, 0) is 43.2 Å². The summed E-state index contributed by atoms with van der Waals surface area (Å²) in [6, 6.07) is 12.6. The number of rotatable bonds is 7. The minimum atomic E-state index is -0.537. The lowest BCUT2D eigenvalue weighted by Crippen LogP contribution is -2.28. The predicted octanol–water partition coefficient (Wildman–Crippen LogP) is 4.26. The first-order valence-corrected chi connectivity index (χ1v) is 11.5. The molecule has 0 spiro atoms. The highest BCUT2D eigenvalue weighted by Crippen LogP contribution is 2.36. The monoisotopic (exact) mass is 477 g/mol. The van der Waals surface area contributed by atoms with Gasteiger partial charge in [-0.1, -0.05) is 24.3 Å². The van der Waals surface area contributed by atoms with Crippen molar-refractivity contribution in [2.75, 3.05) is 19.0 Å². The summed E-state index contributed by atoms with van der Waals surface area (Å²) in [6.45, 7) is 3.55. The smallest absolute Gasteiger partial charge is 0.341 e. The number of methoxy groups -OCH3 is 1. The van der Waals surface area contributed by atoms with Crippen molar-refractivity contribution >= 4 is 39.1 Å². The van der Waals surface area contributed by atoms with Crippen molar-refractivity contribution in [1.29, 1.82) is 0 Å². The van der Waals surface area contributed by atoms with Crippen molar-refractivity contribution in [2.24, 2.45) is 0 Å². The van der Waals surface area contributed by atoms with Crippen molar-refractivity contribution < 1.29 is 19.1 Å². The molecule has 2 aromatic heterocycles. The van der Waals surface area contributed by atoms with Gasteiger partial charge < -0.3 is 14.8 Å². The highest BCUT2D eigenvalue weighted by Gasteiger charge is 2.23. The fraction of sp³-hybridized carbons (Fsp3) is 0.200. The highest BCUT2D eigenvalue weighted by atomic mass is 32.1. The summed E-state index contributed by atoms with van der Waals surface area (Å²) in [6.07, 6.45) is 1.36. The quantitative estimate of drug-likeness (QED) is 0.400. The second kappa shape index (κ2) is 9.88. The number of esters is 1. The van der Waals surface area contributed by atoms with Crippen LogP contribution in [0, 0.1) is 6.92 Å². The number of para-hydroxylation sites is 1. The van der Waals surface area contributed by atoms with Crippen LogP contribution in [0.1, 0.15) is 22.8 Å². The molecule has 0 aliphatic heterocycles. The van der Waals surface area contributed by atoms with E-state index in [1.165, 1.54) is 22.2 Å². The number of anilines is 1. The van der Waals surface area contributed by atoms with E-state index in [9.17, 15) is 14.4 Å². The molecule has 0 unspecified atom stereocenters. The van der Waals surface area contributed by atoms with Crippen molar-refractivity contribution in [3.8, 4) is 16.9 Å². The van der Waals surface area contributed by atoms with E-state index < -0.39 is 11.9 Å². The number of aryl methyl sites for hydroxylation is 1. The first kappa shape index (κ1) is 23.2. The molecule has 0 aliphatic rings. The third-order valence-electron chi connectivity index (χ3n) is 5.29. The maximum Gasteiger partial charge on any atom is 0.341 e. The fourth-order valence-corrected chi connectivity index (χ4v) is 4.58. The highest BCUT2D eigenvalue weighted by molar-refractivity contribution is 7.15. The largest absolute Gasteiger partial charge is 0.497 e. The molecule has 1 amide bonds. The zero-order chi connectivity index (χ0) is 24.2. The van der Waals surface area contributed by atoms with Crippen LogP contribution in [-0.2, 0) is 16.1 Å². The van der Waals surface area contributed by atoms with E-state index in [-0.39, 0.29) is 24.3 Å². The Labute approximate surface area is 199 Å². The lowest BCUT2D eigenvalue weighted by Gasteiger charge is -2.10. The molecule has 0 saturated heterocycles. The zero-order valence-electron chi connectivity index (χ0n) is 19.0. The van der Waals surface area contributed by atoms with Crippen molar-refractivity contribution in [3.63, 3.8) is 0 Å². The molecule has 4 aromatic rings. The number of thiophene rings is 1. The van der Waals surface area contributed by atoms with Crippen LogP contribution in [-0.4, -0.2) is 35.1 Å². The Kier molecular flexibility index (Phi) is 6.74. The van der Waals surface area contributed by atoms with Gasteiger partial charge in [-0.25, -0.2) is 9.78 Å². The van der Waals surface area contributed by atoms with Gasteiger partial charge in [0.25, 0.3) is 5.56 Å². The Hall–Kier alpha value is -3.98. The fourth-order valence-electron chi connectivity index (χ4n) is 3.61. The van der Waals surface area contributed by atoms with E-state index in [1.54, 1.807) is 43.7 Å². The Morgan fingerprint density at radius 1 is 1.15 bits per heavy atom. The van der Waals surface area contributed by atoms with Gasteiger partial charge in [-0.15, -0.1) is 11.3 Å². The predicted molar refractivity (Wildman–Crippen MR) is 132 cm³/mol. The van der Waals surface area contributed by atoms with Crippen LogP contribution in [0.4, 0.5) is 5.00 Å². The van der Waals surface area contributed by atoms with Crippen molar-refractivity contribution in [1.82, 2.24) is 9.55 Å².